The molecule has 0 aromatic rings. The highest BCUT2D eigenvalue weighted by atomic mass is 16.5. The van der Waals surface area contributed by atoms with Crippen LogP contribution in [0.15, 0.2) is 24.8 Å². The van der Waals surface area contributed by atoms with E-state index in [2.05, 4.69) is 11.3 Å². The molecule has 0 bridgehead atoms. The van der Waals surface area contributed by atoms with E-state index in [9.17, 15) is 4.79 Å². The van der Waals surface area contributed by atoms with Gasteiger partial charge in [-0.1, -0.05) is 18.6 Å². The van der Waals surface area contributed by atoms with E-state index in [4.69, 9.17) is 0 Å². The summed E-state index contributed by atoms with van der Waals surface area (Å²) in [5, 5.41) is 0. The maximum Gasteiger partial charge on any atom is 0.330 e. The minimum Gasteiger partial charge on any atom is -0.466 e. The van der Waals surface area contributed by atoms with Crippen LogP contribution >= 0.6 is 0 Å². The van der Waals surface area contributed by atoms with Crippen molar-refractivity contribution < 1.29 is 9.53 Å². The van der Waals surface area contributed by atoms with Gasteiger partial charge in [-0.25, -0.2) is 4.79 Å². The van der Waals surface area contributed by atoms with E-state index in [0.29, 0.717) is 0 Å². The summed E-state index contributed by atoms with van der Waals surface area (Å²) in [6.45, 7) is 3.65. The van der Waals surface area contributed by atoms with Gasteiger partial charge >= 0.3 is 5.97 Å². The molecule has 0 saturated heterocycles. The van der Waals surface area contributed by atoms with Crippen LogP contribution < -0.4 is 0 Å². The molecule has 0 unspecified atom stereocenters. The van der Waals surface area contributed by atoms with Crippen molar-refractivity contribution in [3.05, 3.63) is 24.8 Å². The van der Waals surface area contributed by atoms with Crippen molar-refractivity contribution in [2.45, 2.75) is 32.1 Å². The van der Waals surface area contributed by atoms with E-state index in [0.717, 1.165) is 19.3 Å². The van der Waals surface area contributed by atoms with Crippen LogP contribution in [-0.2, 0) is 9.53 Å². The second kappa shape index (κ2) is 9.04. The molecule has 74 valence electrons. The largest absolute Gasteiger partial charge is 0.466 e. The van der Waals surface area contributed by atoms with E-state index in [1.54, 1.807) is 0 Å². The average Bonchev–Trinajstić information content (AvgIpc) is 2.16. The number of allylic oxidation sites excluding steroid dienone is 2. The van der Waals surface area contributed by atoms with Crippen LogP contribution in [-0.4, -0.2) is 13.1 Å². The Hall–Kier alpha value is -1.05. The van der Waals surface area contributed by atoms with Crippen molar-refractivity contribution in [3.8, 4) is 0 Å². The quantitative estimate of drug-likeness (QED) is 0.262. The van der Waals surface area contributed by atoms with Crippen LogP contribution in [0.1, 0.15) is 32.1 Å². The first-order valence-corrected chi connectivity index (χ1v) is 4.66. The zero-order valence-electron chi connectivity index (χ0n) is 8.29. The highest BCUT2D eigenvalue weighted by Gasteiger charge is 1.89. The Balaban J connectivity index is 3.19. The number of hydrogen-bond donors (Lipinski definition) is 0. The van der Waals surface area contributed by atoms with Crippen LogP contribution in [0.25, 0.3) is 0 Å². The summed E-state index contributed by atoms with van der Waals surface area (Å²) >= 11 is 0. The fraction of sp³-hybridized carbons (Fsp3) is 0.545. The van der Waals surface area contributed by atoms with Gasteiger partial charge in [0.2, 0.25) is 0 Å². The zero-order valence-corrected chi connectivity index (χ0v) is 8.29. The summed E-state index contributed by atoms with van der Waals surface area (Å²) in [7, 11) is 1.39. The topological polar surface area (TPSA) is 26.3 Å². The van der Waals surface area contributed by atoms with Gasteiger partial charge < -0.3 is 4.74 Å². The molecule has 0 saturated carbocycles. The molecule has 0 N–H and O–H groups in total. The summed E-state index contributed by atoms with van der Waals surface area (Å²) in [5.74, 6) is -0.272. The van der Waals surface area contributed by atoms with Crippen LogP contribution in [0.5, 0.6) is 0 Å². The predicted molar refractivity (Wildman–Crippen MR) is 54.4 cm³/mol. The number of carbonyl (C=O) groups excluding carboxylic acids is 1. The molecule has 0 atom stereocenters. The van der Waals surface area contributed by atoms with Gasteiger partial charge in [0.05, 0.1) is 7.11 Å². The lowest BCUT2D eigenvalue weighted by atomic mass is 10.1. The molecule has 0 rings (SSSR count). The average molecular weight is 182 g/mol. The Morgan fingerprint density at radius 3 is 2.62 bits per heavy atom. The third kappa shape index (κ3) is 8.86. The van der Waals surface area contributed by atoms with Gasteiger partial charge in [0.25, 0.3) is 0 Å². The van der Waals surface area contributed by atoms with Gasteiger partial charge in [-0.15, -0.1) is 6.58 Å². The first-order chi connectivity index (χ1) is 6.31. The molecule has 0 aliphatic rings. The molecule has 13 heavy (non-hydrogen) atoms. The van der Waals surface area contributed by atoms with Crippen molar-refractivity contribution in [2.24, 2.45) is 0 Å². The smallest absolute Gasteiger partial charge is 0.330 e. The molecule has 0 fully saturated rings. The summed E-state index contributed by atoms with van der Waals surface area (Å²) in [6, 6.07) is 0. The number of esters is 1. The Bertz CT molecular complexity index is 171. The van der Waals surface area contributed by atoms with E-state index >= 15 is 0 Å². The van der Waals surface area contributed by atoms with Gasteiger partial charge in [-0.05, 0) is 25.7 Å². The summed E-state index contributed by atoms with van der Waals surface area (Å²) < 4.78 is 4.46. The van der Waals surface area contributed by atoms with Crippen molar-refractivity contribution in [1.29, 1.82) is 0 Å². The number of carbonyl (C=O) groups is 1. The standard InChI is InChI=1S/C11H18O2/c1-3-4-5-6-7-8-9-10-11(12)13-2/h3,9-10H,1,4-8H2,2H3. The summed E-state index contributed by atoms with van der Waals surface area (Å²) in [6.07, 6.45) is 10.8. The number of methoxy groups -OCH3 is 1. The molecule has 0 radical (unpaired) electrons. The van der Waals surface area contributed by atoms with E-state index in [1.807, 2.05) is 12.2 Å². The molecule has 0 spiro atoms. The fourth-order valence-corrected chi connectivity index (χ4v) is 0.975. The molecule has 0 amide bonds. The fourth-order valence-electron chi connectivity index (χ4n) is 0.975. The zero-order chi connectivity index (χ0) is 9.94. The van der Waals surface area contributed by atoms with Gasteiger partial charge in [0, 0.05) is 6.08 Å². The third-order valence-corrected chi connectivity index (χ3v) is 1.73. The summed E-state index contributed by atoms with van der Waals surface area (Å²) in [5.41, 5.74) is 0. The lowest BCUT2D eigenvalue weighted by Crippen LogP contribution is -1.93. The Labute approximate surface area is 80.3 Å². The second-order valence-electron chi connectivity index (χ2n) is 2.85. The summed E-state index contributed by atoms with van der Waals surface area (Å²) in [4.78, 5) is 10.6. The van der Waals surface area contributed by atoms with Crippen LogP contribution in [0.3, 0.4) is 0 Å². The molecule has 0 aliphatic heterocycles. The Kier molecular flexibility index (Phi) is 8.31. The van der Waals surface area contributed by atoms with Gasteiger partial charge in [-0.3, -0.25) is 0 Å². The Morgan fingerprint density at radius 2 is 2.00 bits per heavy atom. The molecule has 0 heterocycles. The lowest BCUT2D eigenvalue weighted by molar-refractivity contribution is -0.134. The molecule has 0 aliphatic carbocycles. The minimum absolute atomic E-state index is 0.272. The number of rotatable bonds is 7. The van der Waals surface area contributed by atoms with Gasteiger partial charge in [-0.2, -0.15) is 0 Å². The van der Waals surface area contributed by atoms with Crippen LogP contribution in [0, 0.1) is 0 Å². The van der Waals surface area contributed by atoms with Crippen LogP contribution in [0.4, 0.5) is 0 Å². The highest BCUT2D eigenvalue weighted by molar-refractivity contribution is 5.81. The minimum atomic E-state index is -0.272. The maximum absolute atomic E-state index is 10.6. The number of unbranched alkanes of at least 4 members (excludes halogenated alkanes) is 4. The molecular formula is C11H18O2. The molecule has 2 heteroatoms. The first-order valence-electron chi connectivity index (χ1n) is 4.66. The molecular weight excluding hydrogens is 164 g/mol. The predicted octanol–water partition coefficient (Wildman–Crippen LogP) is 2.85. The van der Waals surface area contributed by atoms with E-state index in [-0.39, 0.29) is 5.97 Å². The van der Waals surface area contributed by atoms with Crippen LogP contribution in [0.2, 0.25) is 0 Å². The molecule has 0 aromatic carbocycles. The van der Waals surface area contributed by atoms with Gasteiger partial charge in [0.15, 0.2) is 0 Å². The lowest BCUT2D eigenvalue weighted by Gasteiger charge is -1.94. The number of ether oxygens (including phenoxy) is 1. The molecule has 2 nitrogen and oxygen atoms in total. The second-order valence-corrected chi connectivity index (χ2v) is 2.85. The number of hydrogen-bond acceptors (Lipinski definition) is 2. The maximum atomic E-state index is 10.6. The van der Waals surface area contributed by atoms with Crippen molar-refractivity contribution >= 4 is 5.97 Å². The van der Waals surface area contributed by atoms with Crippen molar-refractivity contribution in [1.82, 2.24) is 0 Å². The van der Waals surface area contributed by atoms with Gasteiger partial charge in [0.1, 0.15) is 0 Å². The van der Waals surface area contributed by atoms with Crippen molar-refractivity contribution in [3.63, 3.8) is 0 Å². The third-order valence-electron chi connectivity index (χ3n) is 1.73. The highest BCUT2D eigenvalue weighted by Crippen LogP contribution is 2.03. The van der Waals surface area contributed by atoms with E-state index < -0.39 is 0 Å². The van der Waals surface area contributed by atoms with Crippen molar-refractivity contribution in [2.75, 3.05) is 7.11 Å². The van der Waals surface area contributed by atoms with E-state index in [1.165, 1.54) is 26.0 Å². The first kappa shape index (κ1) is 11.9. The molecule has 0 aromatic heterocycles. The Morgan fingerprint density at radius 1 is 1.31 bits per heavy atom. The monoisotopic (exact) mass is 182 g/mol. The SMILES string of the molecule is C=CCCCCCC=CC(=O)OC. The normalized spacial score (nSPS) is 10.2.